The molecular weight excluding hydrogens is 364 g/mol. The van der Waals surface area contributed by atoms with Gasteiger partial charge >= 0.3 is 0 Å². The molecule has 0 aliphatic heterocycles. The predicted molar refractivity (Wildman–Crippen MR) is 94.6 cm³/mol. The molecule has 9 heteroatoms. The Kier molecular flexibility index (Phi) is 5.01. The summed E-state index contributed by atoms with van der Waals surface area (Å²) in [5, 5.41) is 16.3. The maximum absolute atomic E-state index is 12.2. The van der Waals surface area contributed by atoms with Crippen molar-refractivity contribution in [2.45, 2.75) is 6.54 Å². The second-order valence-corrected chi connectivity index (χ2v) is 6.25. The minimum Gasteiger partial charge on any atom is -0.346 e. The zero-order chi connectivity index (χ0) is 17.8. The van der Waals surface area contributed by atoms with Gasteiger partial charge in [-0.25, -0.2) is 4.98 Å². The van der Waals surface area contributed by atoms with Crippen LogP contribution in [0.5, 0.6) is 0 Å². The average Bonchev–Trinajstić information content (AvgIpc) is 3.09. The van der Waals surface area contributed by atoms with Gasteiger partial charge in [0.05, 0.1) is 27.7 Å². The van der Waals surface area contributed by atoms with Gasteiger partial charge in [-0.2, -0.15) is 0 Å². The fourth-order valence-corrected chi connectivity index (χ4v) is 3.11. The summed E-state index contributed by atoms with van der Waals surface area (Å²) < 4.78 is 0. The summed E-state index contributed by atoms with van der Waals surface area (Å²) in [4.78, 5) is 30.9. The van der Waals surface area contributed by atoms with Gasteiger partial charge in [0.2, 0.25) is 0 Å². The van der Waals surface area contributed by atoms with E-state index in [4.69, 9.17) is 11.6 Å². The normalized spacial score (nSPS) is 10.4. The van der Waals surface area contributed by atoms with Crippen LogP contribution in [0.3, 0.4) is 0 Å². The fraction of sp³-hybridized carbons (Fsp3) is 0.0625. The molecule has 2 aromatic heterocycles. The topological polar surface area (TPSA) is 98.0 Å². The summed E-state index contributed by atoms with van der Waals surface area (Å²) >= 11 is 7.41. The molecule has 2 heterocycles. The van der Waals surface area contributed by atoms with Gasteiger partial charge in [-0.1, -0.05) is 11.6 Å². The average molecular weight is 375 g/mol. The molecule has 1 N–H and O–H groups in total. The van der Waals surface area contributed by atoms with Crippen LogP contribution in [0.1, 0.15) is 16.1 Å². The SMILES string of the molecule is O=C(NCc1csc(-c2ccncc2)n1)c1cc([N+](=O)[O-])ccc1Cl. The highest BCUT2D eigenvalue weighted by molar-refractivity contribution is 7.13. The molecule has 126 valence electrons. The number of hydrogen-bond donors (Lipinski definition) is 1. The Morgan fingerprint density at radius 2 is 2.04 bits per heavy atom. The van der Waals surface area contributed by atoms with E-state index < -0.39 is 10.8 Å². The number of rotatable bonds is 5. The fourth-order valence-electron chi connectivity index (χ4n) is 2.08. The second-order valence-electron chi connectivity index (χ2n) is 4.98. The molecule has 0 bridgehead atoms. The largest absolute Gasteiger partial charge is 0.346 e. The van der Waals surface area contributed by atoms with Crippen molar-refractivity contribution < 1.29 is 9.72 Å². The Hall–Kier alpha value is -2.84. The van der Waals surface area contributed by atoms with Crippen molar-refractivity contribution in [2.24, 2.45) is 0 Å². The molecule has 0 aliphatic rings. The standard InChI is InChI=1S/C16H11ClN4O3S/c17-14-2-1-12(21(23)24)7-13(14)15(22)19-8-11-9-25-16(20-11)10-3-5-18-6-4-10/h1-7,9H,8H2,(H,19,22). The maximum Gasteiger partial charge on any atom is 0.270 e. The molecule has 0 saturated heterocycles. The Bertz CT molecular complexity index is 930. The van der Waals surface area contributed by atoms with E-state index in [2.05, 4.69) is 15.3 Å². The first-order chi connectivity index (χ1) is 12.0. The molecule has 0 saturated carbocycles. The van der Waals surface area contributed by atoms with Crippen molar-refractivity contribution in [1.82, 2.24) is 15.3 Å². The molecule has 1 amide bonds. The molecule has 0 radical (unpaired) electrons. The lowest BCUT2D eigenvalue weighted by molar-refractivity contribution is -0.384. The van der Waals surface area contributed by atoms with E-state index in [0.717, 1.165) is 16.6 Å². The number of aromatic nitrogens is 2. The van der Waals surface area contributed by atoms with Gasteiger partial charge in [0.15, 0.2) is 0 Å². The van der Waals surface area contributed by atoms with Crippen LogP contribution in [0.25, 0.3) is 10.6 Å². The smallest absolute Gasteiger partial charge is 0.270 e. The second kappa shape index (κ2) is 7.37. The van der Waals surface area contributed by atoms with Gasteiger partial charge < -0.3 is 5.32 Å². The van der Waals surface area contributed by atoms with Crippen LogP contribution in [0.2, 0.25) is 5.02 Å². The van der Waals surface area contributed by atoms with Crippen molar-refractivity contribution in [3.05, 3.63) is 74.5 Å². The van der Waals surface area contributed by atoms with Crippen LogP contribution in [-0.2, 0) is 6.54 Å². The number of nitrogens with zero attached hydrogens (tertiary/aromatic N) is 3. The summed E-state index contributed by atoms with van der Waals surface area (Å²) in [5.74, 6) is -0.493. The maximum atomic E-state index is 12.2. The van der Waals surface area contributed by atoms with Gasteiger partial charge in [-0.3, -0.25) is 19.9 Å². The number of amides is 1. The Morgan fingerprint density at radius 1 is 1.28 bits per heavy atom. The summed E-state index contributed by atoms with van der Waals surface area (Å²) in [7, 11) is 0. The third-order valence-corrected chi connectivity index (χ3v) is 4.58. The van der Waals surface area contributed by atoms with Crippen molar-refractivity contribution in [3.63, 3.8) is 0 Å². The van der Waals surface area contributed by atoms with E-state index in [1.807, 2.05) is 17.5 Å². The summed E-state index contributed by atoms with van der Waals surface area (Å²) in [6, 6.07) is 7.44. The molecule has 0 aliphatic carbocycles. The molecule has 0 spiro atoms. The van der Waals surface area contributed by atoms with E-state index in [1.165, 1.54) is 23.5 Å². The number of halogens is 1. The summed E-state index contributed by atoms with van der Waals surface area (Å²) in [5.41, 5.74) is 1.50. The van der Waals surface area contributed by atoms with Crippen LogP contribution in [0, 0.1) is 10.1 Å². The highest BCUT2D eigenvalue weighted by atomic mass is 35.5. The van der Waals surface area contributed by atoms with Gasteiger partial charge in [-0.15, -0.1) is 11.3 Å². The minimum atomic E-state index is -0.575. The van der Waals surface area contributed by atoms with Crippen molar-refractivity contribution >= 4 is 34.5 Å². The molecule has 1 aromatic carbocycles. The molecular formula is C16H11ClN4O3S. The lowest BCUT2D eigenvalue weighted by Gasteiger charge is -2.05. The van der Waals surface area contributed by atoms with Crippen molar-refractivity contribution in [2.75, 3.05) is 0 Å². The van der Waals surface area contributed by atoms with Crippen LogP contribution in [-0.4, -0.2) is 20.8 Å². The number of thiazole rings is 1. The van der Waals surface area contributed by atoms with E-state index in [0.29, 0.717) is 5.69 Å². The molecule has 0 fully saturated rings. The predicted octanol–water partition coefficient (Wildman–Crippen LogP) is 3.70. The number of benzene rings is 1. The first-order valence-corrected chi connectivity index (χ1v) is 8.37. The van der Waals surface area contributed by atoms with Gasteiger partial charge in [0.1, 0.15) is 5.01 Å². The third-order valence-electron chi connectivity index (χ3n) is 3.31. The van der Waals surface area contributed by atoms with Gasteiger partial charge in [0, 0.05) is 35.5 Å². The monoisotopic (exact) mass is 374 g/mol. The zero-order valence-electron chi connectivity index (χ0n) is 12.7. The number of pyridine rings is 1. The molecule has 0 atom stereocenters. The molecule has 25 heavy (non-hydrogen) atoms. The molecule has 3 rings (SSSR count). The van der Waals surface area contributed by atoms with Crippen LogP contribution < -0.4 is 5.32 Å². The lowest BCUT2D eigenvalue weighted by atomic mass is 10.2. The number of nitro benzene ring substituents is 1. The van der Waals surface area contributed by atoms with Crippen LogP contribution in [0.15, 0.2) is 48.1 Å². The quantitative estimate of drug-likeness (QED) is 0.542. The Labute approximate surface area is 151 Å². The van der Waals surface area contributed by atoms with E-state index in [-0.39, 0.29) is 22.8 Å². The highest BCUT2D eigenvalue weighted by Gasteiger charge is 2.16. The van der Waals surface area contributed by atoms with Gasteiger partial charge in [0.25, 0.3) is 11.6 Å². The number of carbonyl (C=O) groups excluding carboxylic acids is 1. The van der Waals surface area contributed by atoms with E-state index >= 15 is 0 Å². The summed E-state index contributed by atoms with van der Waals surface area (Å²) in [6.45, 7) is 0.194. The Morgan fingerprint density at radius 3 is 2.76 bits per heavy atom. The third kappa shape index (κ3) is 3.98. The van der Waals surface area contributed by atoms with Crippen molar-refractivity contribution in [1.29, 1.82) is 0 Å². The van der Waals surface area contributed by atoms with Crippen LogP contribution >= 0.6 is 22.9 Å². The Balaban J connectivity index is 1.70. The molecule has 0 unspecified atom stereocenters. The first-order valence-electron chi connectivity index (χ1n) is 7.11. The lowest BCUT2D eigenvalue weighted by Crippen LogP contribution is -2.23. The molecule has 7 nitrogen and oxygen atoms in total. The number of carbonyl (C=O) groups is 1. The number of nitro groups is 1. The van der Waals surface area contributed by atoms with E-state index in [1.54, 1.807) is 12.4 Å². The van der Waals surface area contributed by atoms with Crippen LogP contribution in [0.4, 0.5) is 5.69 Å². The number of non-ortho nitro benzene ring substituents is 1. The van der Waals surface area contributed by atoms with Crippen molar-refractivity contribution in [3.8, 4) is 10.6 Å². The number of hydrogen-bond acceptors (Lipinski definition) is 6. The number of nitrogens with one attached hydrogen (secondary N) is 1. The zero-order valence-corrected chi connectivity index (χ0v) is 14.3. The van der Waals surface area contributed by atoms with E-state index in [9.17, 15) is 14.9 Å². The minimum absolute atomic E-state index is 0.0560. The summed E-state index contributed by atoms with van der Waals surface area (Å²) in [6.07, 6.45) is 3.37. The molecule has 3 aromatic rings. The highest BCUT2D eigenvalue weighted by Crippen LogP contribution is 2.24. The van der Waals surface area contributed by atoms with Gasteiger partial charge in [-0.05, 0) is 18.2 Å². The first kappa shape index (κ1) is 17.0.